The van der Waals surface area contributed by atoms with Gasteiger partial charge >= 0.3 is 6.18 Å². The third kappa shape index (κ3) is 7.49. The van der Waals surface area contributed by atoms with Crippen LogP contribution >= 0.6 is 0 Å². The molecule has 1 aliphatic heterocycles. The van der Waals surface area contributed by atoms with E-state index in [1.54, 1.807) is 41.3 Å². The molecule has 39 heavy (non-hydrogen) atoms. The van der Waals surface area contributed by atoms with Crippen LogP contribution in [0.2, 0.25) is 0 Å². The first kappa shape index (κ1) is 27.9. The summed E-state index contributed by atoms with van der Waals surface area (Å²) in [5, 5.41) is 4.15. The van der Waals surface area contributed by atoms with Gasteiger partial charge in [-0.2, -0.15) is 13.2 Å². The average Bonchev–Trinajstić information content (AvgIpc) is 2.95. The van der Waals surface area contributed by atoms with Crippen LogP contribution in [0.15, 0.2) is 78.0 Å². The normalized spacial score (nSPS) is 14.3. The number of oxime groups is 1. The zero-order chi connectivity index (χ0) is 27.8. The van der Waals surface area contributed by atoms with Gasteiger partial charge in [0, 0.05) is 37.4 Å². The zero-order valence-corrected chi connectivity index (χ0v) is 21.5. The van der Waals surface area contributed by atoms with Crippen molar-refractivity contribution in [2.75, 3.05) is 37.7 Å². The predicted molar refractivity (Wildman–Crippen MR) is 140 cm³/mol. The van der Waals surface area contributed by atoms with Crippen LogP contribution in [0.1, 0.15) is 30.0 Å². The molecule has 1 heterocycles. The molecule has 1 amide bonds. The van der Waals surface area contributed by atoms with Crippen molar-refractivity contribution in [3.8, 4) is 5.75 Å². The molecule has 10 heteroatoms. The van der Waals surface area contributed by atoms with Gasteiger partial charge in [-0.3, -0.25) is 4.79 Å². The number of benzene rings is 3. The number of nitrogens with zero attached hydrogens (tertiary/aromatic N) is 3. The lowest BCUT2D eigenvalue weighted by Crippen LogP contribution is -2.50. The largest absolute Gasteiger partial charge is 0.484 e. The van der Waals surface area contributed by atoms with E-state index in [2.05, 4.69) is 5.16 Å². The van der Waals surface area contributed by atoms with E-state index < -0.39 is 11.7 Å². The predicted octanol–water partition coefficient (Wildman–Crippen LogP) is 5.90. The molecule has 4 rings (SSSR count). The first-order chi connectivity index (χ1) is 18.7. The summed E-state index contributed by atoms with van der Waals surface area (Å²) in [7, 11) is 0. The second kappa shape index (κ2) is 12.6. The molecule has 0 saturated carbocycles. The molecular weight excluding hydrogens is 514 g/mol. The number of anilines is 1. The third-order valence-corrected chi connectivity index (χ3v) is 6.41. The number of ether oxygens (including phenoxy) is 1. The van der Waals surface area contributed by atoms with Crippen LogP contribution < -0.4 is 9.64 Å². The van der Waals surface area contributed by atoms with Gasteiger partial charge in [0.25, 0.3) is 5.91 Å². The van der Waals surface area contributed by atoms with Gasteiger partial charge in [-0.15, -0.1) is 0 Å². The van der Waals surface area contributed by atoms with Crippen LogP contribution in [0, 0.1) is 5.82 Å². The quantitative estimate of drug-likeness (QED) is 0.192. The van der Waals surface area contributed by atoms with Crippen molar-refractivity contribution < 1.29 is 31.9 Å². The lowest BCUT2D eigenvalue weighted by Gasteiger charge is -2.36. The minimum atomic E-state index is -4.40. The minimum absolute atomic E-state index is 0.0215. The molecule has 6 nitrogen and oxygen atoms in total. The fourth-order valence-electron chi connectivity index (χ4n) is 4.19. The SMILES string of the molecule is CCC(=NOCc1ccccc1F)c1ccc(OCC(=O)N2CCN(c3cccc(C(F)(F)F)c3)CC2)cc1. The van der Waals surface area contributed by atoms with E-state index >= 15 is 0 Å². The molecule has 0 aliphatic carbocycles. The van der Waals surface area contributed by atoms with Gasteiger partial charge in [0.05, 0.1) is 11.3 Å². The third-order valence-electron chi connectivity index (χ3n) is 6.41. The summed E-state index contributed by atoms with van der Waals surface area (Å²) in [6.45, 7) is 3.44. The standard InChI is InChI=1S/C29H29F4N3O3/c1-2-27(34-39-19-22-6-3-4-9-26(22)30)21-10-12-25(13-11-21)38-20-28(37)36-16-14-35(15-17-36)24-8-5-7-23(18-24)29(31,32)33/h3-13,18H,2,14-17,19-20H2,1H3. The summed E-state index contributed by atoms with van der Waals surface area (Å²) in [6.07, 6.45) is -3.80. The maximum atomic E-state index is 13.7. The van der Waals surface area contributed by atoms with E-state index in [-0.39, 0.29) is 24.9 Å². The van der Waals surface area contributed by atoms with Gasteiger partial charge in [-0.25, -0.2) is 4.39 Å². The van der Waals surface area contributed by atoms with E-state index in [0.29, 0.717) is 55.3 Å². The Morgan fingerprint density at radius 1 is 0.949 bits per heavy atom. The molecule has 1 fully saturated rings. The van der Waals surface area contributed by atoms with E-state index in [9.17, 15) is 22.4 Å². The number of halogens is 4. The van der Waals surface area contributed by atoms with Crippen molar-refractivity contribution >= 4 is 17.3 Å². The molecule has 1 saturated heterocycles. The molecule has 0 radical (unpaired) electrons. The lowest BCUT2D eigenvalue weighted by atomic mass is 10.1. The maximum Gasteiger partial charge on any atom is 0.416 e. The van der Waals surface area contributed by atoms with Gasteiger partial charge in [0.1, 0.15) is 18.2 Å². The van der Waals surface area contributed by atoms with E-state index in [1.807, 2.05) is 24.0 Å². The Balaban J connectivity index is 1.25. The molecule has 1 aliphatic rings. The van der Waals surface area contributed by atoms with Crippen molar-refractivity contribution in [1.29, 1.82) is 0 Å². The summed E-state index contributed by atoms with van der Waals surface area (Å²) in [5.74, 6) is -0.0306. The van der Waals surface area contributed by atoms with Gasteiger partial charge < -0.3 is 19.4 Å². The van der Waals surface area contributed by atoms with Gasteiger partial charge in [-0.05, 0) is 60.5 Å². The minimum Gasteiger partial charge on any atom is -0.484 e. The van der Waals surface area contributed by atoms with Crippen molar-refractivity contribution in [3.63, 3.8) is 0 Å². The van der Waals surface area contributed by atoms with Crippen LogP contribution in [0.4, 0.5) is 23.2 Å². The highest BCUT2D eigenvalue weighted by Crippen LogP contribution is 2.32. The van der Waals surface area contributed by atoms with Gasteiger partial charge in [0.2, 0.25) is 0 Å². The number of hydrogen-bond donors (Lipinski definition) is 0. The van der Waals surface area contributed by atoms with Crippen molar-refractivity contribution in [2.45, 2.75) is 26.1 Å². The Bertz CT molecular complexity index is 1290. The van der Waals surface area contributed by atoms with Crippen molar-refractivity contribution in [1.82, 2.24) is 4.90 Å². The highest BCUT2D eigenvalue weighted by Gasteiger charge is 2.31. The Morgan fingerprint density at radius 2 is 1.67 bits per heavy atom. The van der Waals surface area contributed by atoms with Crippen molar-refractivity contribution in [2.24, 2.45) is 5.16 Å². The Hall–Kier alpha value is -4.08. The van der Waals surface area contributed by atoms with Crippen molar-refractivity contribution in [3.05, 3.63) is 95.3 Å². The molecule has 0 aromatic heterocycles. The molecule has 0 N–H and O–H groups in total. The molecule has 0 bridgehead atoms. The molecule has 0 atom stereocenters. The molecule has 0 unspecified atom stereocenters. The smallest absolute Gasteiger partial charge is 0.416 e. The fourth-order valence-corrected chi connectivity index (χ4v) is 4.19. The molecule has 0 spiro atoms. The summed E-state index contributed by atoms with van der Waals surface area (Å²) in [4.78, 5) is 21.5. The number of amides is 1. The number of carbonyl (C=O) groups excluding carboxylic acids is 1. The Labute approximate surface area is 224 Å². The Kier molecular flexibility index (Phi) is 9.06. The number of rotatable bonds is 9. The second-order valence-electron chi connectivity index (χ2n) is 8.99. The molecule has 3 aromatic rings. The Morgan fingerprint density at radius 3 is 2.33 bits per heavy atom. The topological polar surface area (TPSA) is 54.4 Å². The number of carbonyl (C=O) groups is 1. The highest BCUT2D eigenvalue weighted by molar-refractivity contribution is 6.00. The first-order valence-corrected chi connectivity index (χ1v) is 12.6. The van der Waals surface area contributed by atoms with Gasteiger partial charge in [-0.1, -0.05) is 36.3 Å². The number of alkyl halides is 3. The molecule has 3 aromatic carbocycles. The summed E-state index contributed by atoms with van der Waals surface area (Å²) < 4.78 is 58.5. The van der Waals surface area contributed by atoms with Crippen LogP contribution in [-0.4, -0.2) is 49.3 Å². The van der Waals surface area contributed by atoms with E-state index in [1.165, 1.54) is 12.1 Å². The maximum absolute atomic E-state index is 13.7. The van der Waals surface area contributed by atoms with E-state index in [0.717, 1.165) is 17.7 Å². The number of hydrogen-bond acceptors (Lipinski definition) is 5. The first-order valence-electron chi connectivity index (χ1n) is 12.6. The zero-order valence-electron chi connectivity index (χ0n) is 21.5. The van der Waals surface area contributed by atoms with Crippen LogP contribution in [0.25, 0.3) is 0 Å². The average molecular weight is 544 g/mol. The fraction of sp³-hybridized carbons (Fsp3) is 0.310. The van der Waals surface area contributed by atoms with Crippen LogP contribution in [-0.2, 0) is 22.4 Å². The summed E-state index contributed by atoms with van der Waals surface area (Å²) in [5.41, 5.74) is 1.72. The van der Waals surface area contributed by atoms with Crippen LogP contribution in [0.3, 0.4) is 0 Å². The summed E-state index contributed by atoms with van der Waals surface area (Å²) >= 11 is 0. The molecule has 206 valence electrons. The number of piperazine rings is 1. The monoisotopic (exact) mass is 543 g/mol. The lowest BCUT2D eigenvalue weighted by molar-refractivity contribution is -0.137. The second-order valence-corrected chi connectivity index (χ2v) is 8.99. The highest BCUT2D eigenvalue weighted by atomic mass is 19.4. The van der Waals surface area contributed by atoms with E-state index in [4.69, 9.17) is 9.57 Å². The van der Waals surface area contributed by atoms with Gasteiger partial charge in [0.15, 0.2) is 6.61 Å². The van der Waals surface area contributed by atoms with Crippen LogP contribution in [0.5, 0.6) is 5.75 Å². The molecular formula is C29H29F4N3O3. The summed E-state index contributed by atoms with van der Waals surface area (Å²) in [6, 6.07) is 18.6.